The van der Waals surface area contributed by atoms with E-state index < -0.39 is 23.9 Å². The van der Waals surface area contributed by atoms with Gasteiger partial charge in [-0.25, -0.2) is 4.99 Å². The van der Waals surface area contributed by atoms with Gasteiger partial charge in [-0.05, 0) is 24.8 Å². The molecule has 0 radical (unpaired) electrons. The van der Waals surface area contributed by atoms with Crippen LogP contribution in [-0.2, 0) is 14.4 Å². The number of amides is 3. The monoisotopic (exact) mass is 462 g/mol. The van der Waals surface area contributed by atoms with Crippen molar-refractivity contribution in [2.75, 3.05) is 11.9 Å². The van der Waals surface area contributed by atoms with E-state index in [0.29, 0.717) is 24.2 Å². The Morgan fingerprint density at radius 2 is 1.71 bits per heavy atom. The van der Waals surface area contributed by atoms with E-state index in [9.17, 15) is 14.4 Å². The molecular weight excluding hydrogens is 428 g/mol. The third-order valence-corrected chi connectivity index (χ3v) is 6.18. The quantitative estimate of drug-likeness (QED) is 0.596. The first kappa shape index (κ1) is 25.1. The second-order valence-electron chi connectivity index (χ2n) is 9.20. The molecule has 2 unspecified atom stereocenters. The van der Waals surface area contributed by atoms with Gasteiger partial charge >= 0.3 is 0 Å². The summed E-state index contributed by atoms with van der Waals surface area (Å²) in [7, 11) is 1.68. The van der Waals surface area contributed by atoms with E-state index in [1.54, 1.807) is 7.05 Å². The number of rotatable bonds is 9. The Kier molecular flexibility index (Phi) is 8.21. The van der Waals surface area contributed by atoms with Crippen LogP contribution in [0.3, 0.4) is 0 Å². The van der Waals surface area contributed by atoms with Crippen LogP contribution in [0.25, 0.3) is 0 Å². The largest absolute Gasteiger partial charge is 0.369 e. The number of hydrogen-bond donors (Lipinski definition) is 2. The zero-order valence-corrected chi connectivity index (χ0v) is 20.3. The second kappa shape index (κ2) is 11.1. The van der Waals surface area contributed by atoms with Crippen molar-refractivity contribution in [3.05, 3.63) is 65.7 Å². The van der Waals surface area contributed by atoms with Gasteiger partial charge in [0.25, 0.3) is 5.91 Å². The molecule has 2 aromatic rings. The number of nitrogens with one attached hydrogen (secondary N) is 1. The van der Waals surface area contributed by atoms with Gasteiger partial charge in [0, 0.05) is 30.0 Å². The van der Waals surface area contributed by atoms with E-state index in [4.69, 9.17) is 10.7 Å². The average molecular weight is 463 g/mol. The summed E-state index contributed by atoms with van der Waals surface area (Å²) >= 11 is 0. The molecule has 180 valence electrons. The van der Waals surface area contributed by atoms with Crippen molar-refractivity contribution < 1.29 is 14.4 Å². The summed E-state index contributed by atoms with van der Waals surface area (Å²) in [5.41, 5.74) is 8.67. The smallest absolute Gasteiger partial charge is 0.272 e. The minimum absolute atomic E-state index is 0.176. The Hall–Kier alpha value is -3.48. The van der Waals surface area contributed by atoms with Crippen molar-refractivity contribution in [3.8, 4) is 0 Å². The van der Waals surface area contributed by atoms with Crippen molar-refractivity contribution in [1.82, 2.24) is 5.32 Å². The summed E-state index contributed by atoms with van der Waals surface area (Å²) in [6.07, 6.45) is 0.616. The molecule has 1 aliphatic heterocycles. The summed E-state index contributed by atoms with van der Waals surface area (Å²) in [5.74, 6) is -2.26. The molecule has 0 bridgehead atoms. The number of nitrogens with two attached hydrogens (primary N) is 1. The van der Waals surface area contributed by atoms with Crippen LogP contribution in [0.2, 0.25) is 0 Å². The second-order valence-corrected chi connectivity index (χ2v) is 9.20. The van der Waals surface area contributed by atoms with Crippen LogP contribution in [0.15, 0.2) is 59.6 Å². The molecule has 3 atom stereocenters. The molecule has 1 heterocycles. The summed E-state index contributed by atoms with van der Waals surface area (Å²) in [5, 5.41) is 2.85. The first-order valence-electron chi connectivity index (χ1n) is 11.8. The summed E-state index contributed by atoms with van der Waals surface area (Å²) in [4.78, 5) is 45.4. The van der Waals surface area contributed by atoms with E-state index >= 15 is 0 Å². The average Bonchev–Trinajstić information content (AvgIpc) is 2.92. The zero-order chi connectivity index (χ0) is 24.8. The maximum atomic E-state index is 13.5. The van der Waals surface area contributed by atoms with Gasteiger partial charge in [0.2, 0.25) is 18.0 Å². The number of para-hydroxylation sites is 1. The Morgan fingerprint density at radius 1 is 1.06 bits per heavy atom. The number of likely N-dealkylation sites (N-methyl/N-ethyl adjacent to an activating group) is 1. The van der Waals surface area contributed by atoms with Gasteiger partial charge in [0.15, 0.2) is 0 Å². The molecule has 0 aliphatic carbocycles. The number of fused-ring (bicyclic) bond motifs is 1. The van der Waals surface area contributed by atoms with Crippen LogP contribution in [0.1, 0.15) is 51.2 Å². The number of benzene rings is 2. The molecule has 3 amide bonds. The van der Waals surface area contributed by atoms with Crippen molar-refractivity contribution >= 4 is 29.1 Å². The predicted octanol–water partition coefficient (Wildman–Crippen LogP) is 3.51. The Bertz CT molecular complexity index is 1060. The minimum Gasteiger partial charge on any atom is -0.369 e. The number of primary amides is 1. The topological polar surface area (TPSA) is 105 Å². The maximum Gasteiger partial charge on any atom is 0.272 e. The minimum atomic E-state index is -1.12. The molecule has 34 heavy (non-hydrogen) atoms. The van der Waals surface area contributed by atoms with Gasteiger partial charge in [-0.2, -0.15) is 0 Å². The van der Waals surface area contributed by atoms with Crippen molar-refractivity contribution in [2.45, 2.75) is 46.2 Å². The zero-order valence-electron chi connectivity index (χ0n) is 20.3. The first-order valence-corrected chi connectivity index (χ1v) is 11.8. The Morgan fingerprint density at radius 3 is 2.32 bits per heavy atom. The molecule has 0 aromatic heterocycles. The number of benzodiazepines with no additional fused rings is 1. The highest BCUT2D eigenvalue weighted by atomic mass is 16.2. The highest BCUT2D eigenvalue weighted by Crippen LogP contribution is 2.29. The fourth-order valence-corrected chi connectivity index (χ4v) is 4.50. The van der Waals surface area contributed by atoms with E-state index in [1.807, 2.05) is 75.4 Å². The van der Waals surface area contributed by atoms with Crippen LogP contribution in [-0.4, -0.2) is 36.6 Å². The molecule has 3 rings (SSSR count). The molecule has 7 heteroatoms. The van der Waals surface area contributed by atoms with Crippen LogP contribution in [0, 0.1) is 17.8 Å². The fraction of sp³-hybridized carbons (Fsp3) is 0.407. The van der Waals surface area contributed by atoms with Crippen LogP contribution in [0.5, 0.6) is 0 Å². The SMILES string of the molecule is CCCC(C(N)=O)C(CC(C)C)C(=O)N[C@H]1N=C(c2ccccc2)c2ccccc2N(C)C1=O. The molecule has 0 fully saturated rings. The normalized spacial score (nSPS) is 17.4. The van der Waals surface area contributed by atoms with Gasteiger partial charge in [-0.3, -0.25) is 14.4 Å². The summed E-state index contributed by atoms with van der Waals surface area (Å²) < 4.78 is 0. The van der Waals surface area contributed by atoms with E-state index in [-0.39, 0.29) is 17.7 Å². The van der Waals surface area contributed by atoms with Crippen molar-refractivity contribution in [2.24, 2.45) is 28.5 Å². The number of aliphatic imine (C=N–C) groups is 1. The number of carbonyl (C=O) groups is 3. The fourth-order valence-electron chi connectivity index (χ4n) is 4.50. The van der Waals surface area contributed by atoms with Gasteiger partial charge < -0.3 is 16.0 Å². The Labute approximate surface area is 201 Å². The van der Waals surface area contributed by atoms with E-state index in [0.717, 1.165) is 17.5 Å². The molecule has 0 saturated carbocycles. The number of anilines is 1. The molecule has 1 aliphatic rings. The standard InChI is InChI=1S/C27H34N4O3/c1-5-11-19(24(28)32)21(16-17(2)3)26(33)30-25-27(34)31(4)22-15-10-9-14-20(22)23(29-25)18-12-7-6-8-13-18/h6-10,12-15,17,19,21,25H,5,11,16H2,1-4H3,(H2,28,32)(H,30,33)/t19?,21?,25-/m1/s1. The molecule has 3 N–H and O–H groups in total. The first-order chi connectivity index (χ1) is 16.2. The third-order valence-electron chi connectivity index (χ3n) is 6.18. The number of nitrogens with zero attached hydrogens (tertiary/aromatic N) is 2. The van der Waals surface area contributed by atoms with Crippen molar-refractivity contribution in [1.29, 1.82) is 0 Å². The van der Waals surface area contributed by atoms with Gasteiger partial charge in [-0.1, -0.05) is 75.7 Å². The highest BCUT2D eigenvalue weighted by molar-refractivity contribution is 6.20. The molecule has 0 saturated heterocycles. The lowest BCUT2D eigenvalue weighted by Crippen LogP contribution is -2.50. The summed E-state index contributed by atoms with van der Waals surface area (Å²) in [6.45, 7) is 5.95. The van der Waals surface area contributed by atoms with Crippen LogP contribution in [0.4, 0.5) is 5.69 Å². The lowest BCUT2D eigenvalue weighted by molar-refractivity contribution is -0.136. The van der Waals surface area contributed by atoms with Crippen LogP contribution >= 0.6 is 0 Å². The molecule has 2 aromatic carbocycles. The lowest BCUT2D eigenvalue weighted by Gasteiger charge is -2.27. The van der Waals surface area contributed by atoms with E-state index in [1.165, 1.54) is 4.90 Å². The molecular formula is C27H34N4O3. The summed E-state index contributed by atoms with van der Waals surface area (Å²) in [6, 6.07) is 17.1. The van der Waals surface area contributed by atoms with Gasteiger partial charge in [0.1, 0.15) is 0 Å². The highest BCUT2D eigenvalue weighted by Gasteiger charge is 2.36. The van der Waals surface area contributed by atoms with Crippen LogP contribution < -0.4 is 16.0 Å². The van der Waals surface area contributed by atoms with Crippen molar-refractivity contribution in [3.63, 3.8) is 0 Å². The number of carbonyl (C=O) groups excluding carboxylic acids is 3. The molecule has 0 spiro atoms. The molecule has 7 nitrogen and oxygen atoms in total. The van der Waals surface area contributed by atoms with Gasteiger partial charge in [0.05, 0.1) is 11.4 Å². The third kappa shape index (κ3) is 5.53. The maximum absolute atomic E-state index is 13.5. The van der Waals surface area contributed by atoms with E-state index in [2.05, 4.69) is 5.32 Å². The van der Waals surface area contributed by atoms with Gasteiger partial charge in [-0.15, -0.1) is 0 Å². The lowest BCUT2D eigenvalue weighted by atomic mass is 9.81. The Balaban J connectivity index is 2.02. The predicted molar refractivity (Wildman–Crippen MR) is 134 cm³/mol. The number of hydrogen-bond acceptors (Lipinski definition) is 4.